The zero-order valence-corrected chi connectivity index (χ0v) is 64.0. The van der Waals surface area contributed by atoms with Crippen LogP contribution < -0.4 is 5.32 Å². The number of methoxy groups -OCH3 is 20. The Kier molecular flexibility index (Phi) is 36.9. The van der Waals surface area contributed by atoms with Crippen molar-refractivity contribution in [3.05, 3.63) is 0 Å². The number of nitrogens with one attached hydrogen (secondary N) is 1. The van der Waals surface area contributed by atoms with Crippen molar-refractivity contribution in [3.63, 3.8) is 0 Å². The molecule has 21 fully saturated rings. The molecule has 37 nitrogen and oxygen atoms in total. The van der Waals surface area contributed by atoms with Crippen LogP contribution in [-0.4, -0.2) is 422 Å². The Labute approximate surface area is 609 Å². The number of ether oxygens (including phenoxy) is 35. The summed E-state index contributed by atoms with van der Waals surface area (Å²) < 4.78 is 227. The first kappa shape index (κ1) is 87.6. The van der Waals surface area contributed by atoms with E-state index in [1.54, 1.807) is 0 Å². The zero-order valence-electron chi connectivity index (χ0n) is 64.0. The first-order valence-electron chi connectivity index (χ1n) is 34.9. The highest BCUT2D eigenvalue weighted by Gasteiger charge is 2.62. The Morgan fingerprint density at radius 1 is 0.240 bits per heavy atom. The Morgan fingerprint density at radius 2 is 0.404 bits per heavy atom. The van der Waals surface area contributed by atoms with Crippen LogP contribution in [0.1, 0.15) is 13.3 Å². The van der Waals surface area contributed by atoms with E-state index in [1.165, 1.54) is 142 Å². The molecule has 14 bridgehead atoms. The van der Waals surface area contributed by atoms with Crippen LogP contribution in [0.3, 0.4) is 0 Å². The predicted molar refractivity (Wildman–Crippen MR) is 351 cm³/mol. The first-order chi connectivity index (χ1) is 50.6. The molecule has 0 aromatic carbocycles. The van der Waals surface area contributed by atoms with E-state index in [-0.39, 0.29) is 58.8 Å². The summed E-state index contributed by atoms with van der Waals surface area (Å²) in [6, 6.07) is 0. The van der Waals surface area contributed by atoms with Gasteiger partial charge in [-0.2, -0.15) is 0 Å². The van der Waals surface area contributed by atoms with E-state index >= 15 is 0 Å². The highest BCUT2D eigenvalue weighted by Crippen LogP contribution is 2.43. The van der Waals surface area contributed by atoms with Gasteiger partial charge in [0.15, 0.2) is 44.0 Å². The Morgan fingerprint density at radius 3 is 0.548 bits per heavy atom. The number of amides is 1. The summed E-state index contributed by atoms with van der Waals surface area (Å²) in [7, 11) is 29.9. The Hall–Kier alpha value is -1.93. The predicted octanol–water partition coefficient (Wildman–Crippen LogP) is -1.60. The molecule has 21 heterocycles. The highest BCUT2D eigenvalue weighted by molar-refractivity contribution is 5.77. The molecule has 0 aromatic heterocycles. The van der Waals surface area contributed by atoms with Gasteiger partial charge in [-0.1, -0.05) is 6.92 Å². The molecule has 0 unspecified atom stereocenters. The Bertz CT molecular complexity index is 2370. The van der Waals surface area contributed by atoms with Gasteiger partial charge < -0.3 is 171 Å². The molecule has 0 spiro atoms. The largest absolute Gasteiger partial charge is 0.382 e. The fourth-order valence-electron chi connectivity index (χ4n) is 15.3. The van der Waals surface area contributed by atoms with E-state index in [4.69, 9.17) is 166 Å². The second kappa shape index (κ2) is 43.8. The van der Waals surface area contributed by atoms with Crippen molar-refractivity contribution in [1.82, 2.24) is 5.32 Å². The molecular weight excluding hydrogens is 1390 g/mol. The fourth-order valence-corrected chi connectivity index (χ4v) is 15.3. The molecule has 0 radical (unpaired) electrons. The van der Waals surface area contributed by atoms with Crippen LogP contribution in [0.15, 0.2) is 0 Å². The average Bonchev–Trinajstić information content (AvgIpc) is 0.768. The topological polar surface area (TPSA) is 352 Å². The van der Waals surface area contributed by atoms with E-state index < -0.39 is 215 Å². The van der Waals surface area contributed by atoms with Crippen molar-refractivity contribution in [2.45, 2.75) is 228 Å². The maximum atomic E-state index is 13.2. The van der Waals surface area contributed by atoms with Crippen LogP contribution in [0.5, 0.6) is 0 Å². The number of carbonyl (C=O) groups is 1. The molecule has 104 heavy (non-hydrogen) atoms. The molecule has 0 aliphatic carbocycles. The van der Waals surface area contributed by atoms with Crippen molar-refractivity contribution < 1.29 is 171 Å². The van der Waals surface area contributed by atoms with Gasteiger partial charge in [-0.05, 0) is 6.42 Å². The van der Waals surface area contributed by atoms with Gasteiger partial charge in [0.05, 0.1) is 46.2 Å². The van der Waals surface area contributed by atoms with Crippen LogP contribution in [0.25, 0.3) is 0 Å². The van der Waals surface area contributed by atoms with Crippen LogP contribution in [0.4, 0.5) is 0 Å². The number of hydrogen-bond donors (Lipinski definition) is 1. The first-order valence-corrected chi connectivity index (χ1v) is 34.9. The van der Waals surface area contributed by atoms with E-state index in [2.05, 4.69) is 5.32 Å². The third-order valence-electron chi connectivity index (χ3n) is 20.1. The van der Waals surface area contributed by atoms with E-state index in [1.807, 2.05) is 6.92 Å². The van der Waals surface area contributed by atoms with Gasteiger partial charge in [-0.15, -0.1) is 0 Å². The van der Waals surface area contributed by atoms with E-state index in [0.717, 1.165) is 0 Å². The molecule has 35 atom stereocenters. The Balaban J connectivity index is 1.25. The summed E-state index contributed by atoms with van der Waals surface area (Å²) in [6.45, 7) is 1.37. The van der Waals surface area contributed by atoms with Crippen LogP contribution in [0, 0.1) is 0 Å². The summed E-state index contributed by atoms with van der Waals surface area (Å²) in [4.78, 5) is 13.2. The molecule has 0 saturated carbocycles. The van der Waals surface area contributed by atoms with E-state index in [9.17, 15) is 4.79 Å². The molecule has 21 aliphatic rings. The summed E-state index contributed by atoms with van der Waals surface area (Å²) >= 11 is 0. The van der Waals surface area contributed by atoms with Crippen molar-refractivity contribution in [2.75, 3.05) is 202 Å². The molecular formula is C67H119NO36. The lowest BCUT2D eigenvalue weighted by molar-refractivity contribution is -0.402. The molecule has 37 heteroatoms. The van der Waals surface area contributed by atoms with Crippen molar-refractivity contribution in [2.24, 2.45) is 0 Å². The average molecular weight is 1510 g/mol. The lowest BCUT2D eigenvalue weighted by Gasteiger charge is -2.52. The minimum Gasteiger partial charge on any atom is -0.382 e. The van der Waals surface area contributed by atoms with Gasteiger partial charge in [0.25, 0.3) is 0 Å². The number of hydrogen-bond acceptors (Lipinski definition) is 36. The van der Waals surface area contributed by atoms with Crippen molar-refractivity contribution >= 4 is 5.91 Å². The van der Waals surface area contributed by atoms with Crippen LogP contribution >= 0.6 is 0 Å². The second-order valence-corrected chi connectivity index (χ2v) is 25.9. The minimum atomic E-state index is -1.33. The smallest absolute Gasteiger partial charge is 0.245 e. The fraction of sp³-hybridized carbons (Fsp3) is 0.985. The van der Waals surface area contributed by atoms with E-state index in [0.29, 0.717) is 13.0 Å². The maximum absolute atomic E-state index is 13.2. The molecule has 608 valence electrons. The molecule has 1 N–H and O–H groups in total. The monoisotopic (exact) mass is 1510 g/mol. The lowest BCUT2D eigenvalue weighted by atomic mass is 9.94. The quantitative estimate of drug-likeness (QED) is 0.0793. The van der Waals surface area contributed by atoms with Gasteiger partial charge in [-0.3, -0.25) is 4.79 Å². The van der Waals surface area contributed by atoms with Crippen molar-refractivity contribution in [3.8, 4) is 0 Å². The normalized spacial score (nSPS) is 44.0. The molecule has 21 aliphatic heterocycles. The van der Waals surface area contributed by atoms with Gasteiger partial charge in [0.2, 0.25) is 5.91 Å². The standard InChI is InChI=1S/C67H119NO36/c1-22-23-68-39(69)31-90-30-38-46-53(82-14)60(89-21)67(97-38)103-45-37(29-75-7)95-65(58(87-19)52(45)81-13)101-43-35(27-73-5)93-63(56(85-17)50(43)79-11)99-41-33(25-71-3)91-61(54(83-15)48(41)77-9)98-40-32(24-70-2)92-62(55(84-16)47(40)76-8)100-42-34(26-72-4)94-64(57(86-18)49(42)78-10)102-44-36(28-74-6)96-66(104-46)59(88-20)51(44)80-12/h32-38,40-67H,22-31H2,1-21H3,(H,68,69)/t32-,33-,34-,35-,36-,37-,38-,40-,41-,42-,43-,44-,45-,46-,47+,48+,49+,50+,51+,52+,53+,54-,55-,56-,57-,58-,59-,60-,61-,62-,63-,64-,65-,66-,67-/m1/s1. The molecule has 0 aromatic rings. The van der Waals surface area contributed by atoms with Gasteiger partial charge >= 0.3 is 0 Å². The summed E-state index contributed by atoms with van der Waals surface area (Å²) in [6.07, 6.45) is -36.9. The minimum absolute atomic E-state index is 0.0515. The van der Waals surface area contributed by atoms with Gasteiger partial charge in [0, 0.05) is 149 Å². The lowest BCUT2D eigenvalue weighted by Crippen LogP contribution is -2.69. The second-order valence-electron chi connectivity index (χ2n) is 25.9. The molecule has 21 saturated heterocycles. The molecule has 21 rings (SSSR count). The third-order valence-corrected chi connectivity index (χ3v) is 20.1. The van der Waals surface area contributed by atoms with Crippen LogP contribution in [-0.2, 0) is 171 Å². The highest BCUT2D eigenvalue weighted by atomic mass is 16.8. The third kappa shape index (κ3) is 19.9. The summed E-state index contributed by atoms with van der Waals surface area (Å²) in [5.41, 5.74) is 0. The van der Waals surface area contributed by atoms with Crippen LogP contribution in [0.2, 0.25) is 0 Å². The summed E-state index contributed by atoms with van der Waals surface area (Å²) in [5, 5.41) is 2.84. The molecule has 1 amide bonds. The number of rotatable bonds is 32. The van der Waals surface area contributed by atoms with Crippen molar-refractivity contribution in [1.29, 1.82) is 0 Å². The SMILES string of the molecule is CCCNC(=O)COC[C@H]1O[C@@H]2O[C@H]3[C@H](OC)[C@@H](OC)[C@@H](O[C@H]4[C@H](OC)[C@@H](OC)[C@@H](O[C@H]5[C@H](OC)[C@@H](OC)[C@@H](O[C@H]6[C@H](OC)[C@@H](OC)[C@@H](O[C@H]7[C@H](OC)[C@@H](OC)[C@@H](O[C@H]8[C@H](OC)[C@@H](OC)[C@@H](O[C@H]1[C@H](OC)[C@H]2OC)O[C@@H]8COC)O[C@@H]7COC)O[C@@H]6COC)O[C@@H]5COC)O[C@@H]4COC)O[C@@H]3COC. The maximum Gasteiger partial charge on any atom is 0.245 e. The van der Waals surface area contributed by atoms with Gasteiger partial charge in [0.1, 0.15) is 178 Å². The summed E-state index contributed by atoms with van der Waals surface area (Å²) in [5.74, 6) is -0.362. The number of carbonyl (C=O) groups excluding carboxylic acids is 1. The van der Waals surface area contributed by atoms with Gasteiger partial charge in [-0.25, -0.2) is 0 Å². The zero-order chi connectivity index (χ0) is 75.3.